The van der Waals surface area contributed by atoms with Crippen molar-refractivity contribution in [2.24, 2.45) is 0 Å². The van der Waals surface area contributed by atoms with E-state index in [0.717, 1.165) is 4.68 Å². The first-order valence-corrected chi connectivity index (χ1v) is 10.6. The lowest BCUT2D eigenvalue weighted by Gasteiger charge is -2.21. The largest absolute Gasteiger partial charge is 0.586 e. The monoisotopic (exact) mass is 482 g/mol. The van der Waals surface area contributed by atoms with Crippen molar-refractivity contribution in [3.8, 4) is 22.9 Å². The third kappa shape index (κ3) is 4.04. The average molecular weight is 482 g/mol. The molecule has 2 aliphatic rings. The molecule has 2 heterocycles. The van der Waals surface area contributed by atoms with Gasteiger partial charge in [0.25, 0.3) is 0 Å². The van der Waals surface area contributed by atoms with Gasteiger partial charge in [0.05, 0.1) is 17.5 Å². The fourth-order valence-electron chi connectivity index (χ4n) is 4.26. The summed E-state index contributed by atoms with van der Waals surface area (Å²) in [6, 6.07) is 10.5. The summed E-state index contributed by atoms with van der Waals surface area (Å²) in [5.41, 5.74) is -0.0545. The van der Waals surface area contributed by atoms with E-state index < -0.39 is 30.4 Å². The number of aromatic nitrogens is 2. The van der Waals surface area contributed by atoms with E-state index >= 15 is 0 Å². The second kappa shape index (κ2) is 7.86. The van der Waals surface area contributed by atoms with Crippen LogP contribution >= 0.6 is 0 Å². The summed E-state index contributed by atoms with van der Waals surface area (Å²) in [6.07, 6.45) is -9.11. The highest BCUT2D eigenvalue weighted by Gasteiger charge is 2.44. The number of rotatable bonds is 4. The minimum Gasteiger partial charge on any atom is -0.486 e. The zero-order chi connectivity index (χ0) is 24.3. The van der Waals surface area contributed by atoms with Crippen LogP contribution in [0.2, 0.25) is 0 Å². The van der Waals surface area contributed by atoms with Crippen LogP contribution in [-0.2, 0) is 12.6 Å². The van der Waals surface area contributed by atoms with Gasteiger partial charge >= 0.3 is 12.5 Å². The third-order valence-electron chi connectivity index (χ3n) is 5.78. The van der Waals surface area contributed by atoms with Gasteiger partial charge in [-0.3, -0.25) is 0 Å². The molecule has 2 atom stereocenters. The Kier molecular flexibility index (Phi) is 5.19. The van der Waals surface area contributed by atoms with Crippen molar-refractivity contribution in [1.29, 1.82) is 0 Å². The Morgan fingerprint density at radius 1 is 1.15 bits per heavy atom. The highest BCUT2D eigenvalue weighted by molar-refractivity contribution is 5.47. The van der Waals surface area contributed by atoms with Gasteiger partial charge in [-0.15, -0.1) is 8.78 Å². The maximum absolute atomic E-state index is 13.6. The summed E-state index contributed by atoms with van der Waals surface area (Å²) < 4.78 is 83.1. The Bertz CT molecular complexity index is 1240. The van der Waals surface area contributed by atoms with Crippen LogP contribution in [0.4, 0.5) is 22.0 Å². The molecule has 1 aliphatic carbocycles. The van der Waals surface area contributed by atoms with Gasteiger partial charge < -0.3 is 19.3 Å². The Morgan fingerprint density at radius 2 is 1.91 bits per heavy atom. The van der Waals surface area contributed by atoms with E-state index in [4.69, 9.17) is 4.74 Å². The van der Waals surface area contributed by atoms with Gasteiger partial charge in [-0.2, -0.15) is 18.3 Å². The SMILES string of the molecule is C[C@@H](Oc1cccc(-n2nc(C(F)(F)F)c3c2C(O)CCC3)c1)c1ccc2c(c1)OC(F)(F)O2. The molecule has 1 N–H and O–H groups in total. The minimum absolute atomic E-state index is 0.00287. The van der Waals surface area contributed by atoms with Gasteiger partial charge in [0.1, 0.15) is 11.9 Å². The molecule has 0 amide bonds. The second-order valence-corrected chi connectivity index (χ2v) is 8.16. The predicted molar refractivity (Wildman–Crippen MR) is 108 cm³/mol. The van der Waals surface area contributed by atoms with Crippen LogP contribution in [0.5, 0.6) is 17.2 Å². The van der Waals surface area contributed by atoms with E-state index in [0.29, 0.717) is 29.8 Å². The van der Waals surface area contributed by atoms with Crippen molar-refractivity contribution < 1.29 is 41.3 Å². The van der Waals surface area contributed by atoms with Crippen molar-refractivity contribution in [2.75, 3.05) is 0 Å². The molecule has 0 radical (unpaired) electrons. The lowest BCUT2D eigenvalue weighted by atomic mass is 9.93. The molecule has 0 bridgehead atoms. The van der Waals surface area contributed by atoms with Crippen LogP contribution < -0.4 is 14.2 Å². The van der Waals surface area contributed by atoms with E-state index in [-0.39, 0.29) is 29.2 Å². The highest BCUT2D eigenvalue weighted by Crippen LogP contribution is 2.43. The molecule has 0 saturated carbocycles. The summed E-state index contributed by atoms with van der Waals surface area (Å²) in [5.74, 6) is 0.102. The maximum Gasteiger partial charge on any atom is 0.586 e. The first-order chi connectivity index (χ1) is 16.0. The van der Waals surface area contributed by atoms with Crippen LogP contribution in [0.1, 0.15) is 54.5 Å². The Hall–Kier alpha value is -3.34. The van der Waals surface area contributed by atoms with Gasteiger partial charge in [0, 0.05) is 11.6 Å². The summed E-state index contributed by atoms with van der Waals surface area (Å²) in [4.78, 5) is 0. The highest BCUT2D eigenvalue weighted by atomic mass is 19.4. The fraction of sp³-hybridized carbons (Fsp3) is 0.348. The normalized spacial score (nSPS) is 19.6. The molecule has 0 spiro atoms. The molecule has 0 fully saturated rings. The van der Waals surface area contributed by atoms with Crippen molar-refractivity contribution in [1.82, 2.24) is 9.78 Å². The van der Waals surface area contributed by atoms with Gasteiger partial charge in [0.15, 0.2) is 17.2 Å². The number of aliphatic hydroxyl groups excluding tert-OH is 1. The molecule has 5 rings (SSSR count). The number of ether oxygens (including phenoxy) is 3. The number of hydrogen-bond donors (Lipinski definition) is 1. The number of alkyl halides is 5. The van der Waals surface area contributed by atoms with Gasteiger partial charge in [-0.25, -0.2) is 4.68 Å². The van der Waals surface area contributed by atoms with E-state index in [9.17, 15) is 27.1 Å². The molecular weight excluding hydrogens is 463 g/mol. The van der Waals surface area contributed by atoms with E-state index in [1.165, 1.54) is 18.2 Å². The molecule has 180 valence electrons. The zero-order valence-corrected chi connectivity index (χ0v) is 17.8. The van der Waals surface area contributed by atoms with Crippen LogP contribution in [0.15, 0.2) is 42.5 Å². The van der Waals surface area contributed by atoms with E-state index in [1.54, 1.807) is 31.2 Å². The summed E-state index contributed by atoms with van der Waals surface area (Å²) >= 11 is 0. The van der Waals surface area contributed by atoms with Crippen LogP contribution in [0, 0.1) is 0 Å². The van der Waals surface area contributed by atoms with Crippen LogP contribution in [0.25, 0.3) is 5.69 Å². The maximum atomic E-state index is 13.6. The average Bonchev–Trinajstić information content (AvgIpc) is 3.30. The summed E-state index contributed by atoms with van der Waals surface area (Å²) in [7, 11) is 0. The zero-order valence-electron chi connectivity index (χ0n) is 17.8. The molecule has 6 nitrogen and oxygen atoms in total. The molecule has 34 heavy (non-hydrogen) atoms. The van der Waals surface area contributed by atoms with Gasteiger partial charge in [0.2, 0.25) is 0 Å². The minimum atomic E-state index is -4.65. The molecule has 11 heteroatoms. The topological polar surface area (TPSA) is 65.7 Å². The molecule has 3 aromatic rings. The van der Waals surface area contributed by atoms with Crippen molar-refractivity contribution in [2.45, 2.75) is 50.9 Å². The molecule has 1 unspecified atom stereocenters. The summed E-state index contributed by atoms with van der Waals surface area (Å²) in [6.45, 7) is 1.68. The lowest BCUT2D eigenvalue weighted by Crippen LogP contribution is -2.25. The second-order valence-electron chi connectivity index (χ2n) is 8.16. The molecule has 2 aromatic carbocycles. The number of benzene rings is 2. The number of hydrogen-bond acceptors (Lipinski definition) is 5. The Labute approximate surface area is 190 Å². The first-order valence-electron chi connectivity index (χ1n) is 10.6. The Morgan fingerprint density at radius 3 is 2.68 bits per heavy atom. The molecular formula is C23H19F5N2O4. The van der Waals surface area contributed by atoms with Crippen LogP contribution in [0.3, 0.4) is 0 Å². The number of halogens is 5. The quantitative estimate of drug-likeness (QED) is 0.482. The summed E-state index contributed by atoms with van der Waals surface area (Å²) in [5, 5.41) is 14.2. The number of aliphatic hydroxyl groups is 1. The first kappa shape index (κ1) is 22.5. The number of nitrogens with zero attached hydrogens (tertiary/aromatic N) is 2. The fourth-order valence-corrected chi connectivity index (χ4v) is 4.26. The Balaban J connectivity index is 1.44. The van der Waals surface area contributed by atoms with Gasteiger partial charge in [-0.05, 0) is 56.0 Å². The van der Waals surface area contributed by atoms with Crippen molar-refractivity contribution in [3.63, 3.8) is 0 Å². The predicted octanol–water partition coefficient (Wildman–Crippen LogP) is 5.72. The van der Waals surface area contributed by atoms with Crippen molar-refractivity contribution in [3.05, 3.63) is 65.0 Å². The number of fused-ring (bicyclic) bond motifs is 2. The molecule has 0 saturated heterocycles. The smallest absolute Gasteiger partial charge is 0.486 e. The third-order valence-corrected chi connectivity index (χ3v) is 5.78. The molecule has 1 aromatic heterocycles. The van der Waals surface area contributed by atoms with E-state index in [1.807, 2.05) is 0 Å². The van der Waals surface area contributed by atoms with Crippen molar-refractivity contribution >= 4 is 0 Å². The lowest BCUT2D eigenvalue weighted by molar-refractivity contribution is -0.286. The van der Waals surface area contributed by atoms with Gasteiger partial charge in [-0.1, -0.05) is 12.1 Å². The standard InChI is InChI=1S/C23H19F5N2O4/c1-12(13-8-9-18-19(10-13)34-23(27,28)33-18)32-15-5-2-4-14(11-15)30-20-16(6-3-7-17(20)31)21(29-30)22(24,25)26/h2,4-5,8-12,17,31H,3,6-7H2,1H3/t12-,17?/m1/s1. The van der Waals surface area contributed by atoms with Crippen LogP contribution in [-0.4, -0.2) is 21.2 Å². The molecule has 1 aliphatic heterocycles. The van der Waals surface area contributed by atoms with E-state index in [2.05, 4.69) is 14.6 Å².